The molecule has 0 aromatic carbocycles. The van der Waals surface area contributed by atoms with Crippen LogP contribution in [0.1, 0.15) is 10.4 Å². The van der Waals surface area contributed by atoms with Crippen LogP contribution in [0.2, 0.25) is 0 Å². The monoisotopic (exact) mass is 290 g/mol. The molecule has 0 fully saturated rings. The smallest absolute Gasteiger partial charge is 0.317 e. The van der Waals surface area contributed by atoms with Crippen LogP contribution in [0.4, 0.5) is 4.79 Å². The first-order valence-corrected chi connectivity index (χ1v) is 7.34. The van der Waals surface area contributed by atoms with E-state index in [0.717, 1.165) is 12.0 Å². The zero-order chi connectivity index (χ0) is 14.2. The molecule has 2 aromatic heterocycles. The zero-order valence-corrected chi connectivity index (χ0v) is 12.1. The largest absolute Gasteiger partial charge is 0.472 e. The highest BCUT2D eigenvalue weighted by Gasteiger charge is 2.14. The third-order valence-corrected chi connectivity index (χ3v) is 3.78. The third kappa shape index (κ3) is 4.28. The van der Waals surface area contributed by atoms with Gasteiger partial charge in [0.2, 0.25) is 0 Å². The summed E-state index contributed by atoms with van der Waals surface area (Å²) in [5.74, 6) is 0. The molecule has 0 unspecified atom stereocenters. The Bertz CT molecular complexity index is 520. The summed E-state index contributed by atoms with van der Waals surface area (Å²) in [7, 11) is 0. The average molecular weight is 290 g/mol. The lowest BCUT2D eigenvalue weighted by atomic mass is 10.3. The number of hydrogen-bond donors (Lipinski definition) is 1. The van der Waals surface area contributed by atoms with E-state index in [1.165, 1.54) is 4.88 Å². The van der Waals surface area contributed by atoms with E-state index in [-0.39, 0.29) is 6.03 Å². The Balaban J connectivity index is 1.95. The second-order valence-corrected chi connectivity index (χ2v) is 5.39. The van der Waals surface area contributed by atoms with E-state index in [1.807, 2.05) is 17.5 Å². The SMILES string of the molecule is C=CCNC(=O)N(CCc1cccs1)Cc1ccoc1. The first-order valence-electron chi connectivity index (χ1n) is 6.46. The van der Waals surface area contributed by atoms with Crippen molar-refractivity contribution in [3.63, 3.8) is 0 Å². The van der Waals surface area contributed by atoms with Crippen molar-refractivity contribution in [2.75, 3.05) is 13.1 Å². The van der Waals surface area contributed by atoms with Gasteiger partial charge >= 0.3 is 6.03 Å². The van der Waals surface area contributed by atoms with Gasteiger partial charge in [0.15, 0.2) is 0 Å². The van der Waals surface area contributed by atoms with Gasteiger partial charge in [0.25, 0.3) is 0 Å². The molecule has 0 saturated heterocycles. The summed E-state index contributed by atoms with van der Waals surface area (Å²) in [5, 5.41) is 4.87. The molecule has 0 aliphatic carbocycles. The number of furan rings is 1. The number of nitrogens with zero attached hydrogens (tertiary/aromatic N) is 1. The summed E-state index contributed by atoms with van der Waals surface area (Å²) in [6, 6.07) is 5.90. The Hall–Kier alpha value is -2.01. The van der Waals surface area contributed by atoms with E-state index in [9.17, 15) is 4.79 Å². The molecule has 1 N–H and O–H groups in total. The van der Waals surface area contributed by atoms with Crippen molar-refractivity contribution >= 4 is 17.4 Å². The molecule has 0 spiro atoms. The number of rotatable bonds is 7. The normalized spacial score (nSPS) is 10.2. The molecule has 5 heteroatoms. The summed E-state index contributed by atoms with van der Waals surface area (Å²) in [6.07, 6.45) is 5.82. The van der Waals surface area contributed by atoms with Gasteiger partial charge in [-0.15, -0.1) is 17.9 Å². The number of carbonyl (C=O) groups excluding carboxylic acids is 1. The van der Waals surface area contributed by atoms with Gasteiger partial charge in [-0.25, -0.2) is 4.79 Å². The molecule has 0 radical (unpaired) electrons. The number of nitrogens with one attached hydrogen (secondary N) is 1. The van der Waals surface area contributed by atoms with Crippen LogP contribution in [-0.2, 0) is 13.0 Å². The molecule has 2 aromatic rings. The molecule has 0 aliphatic heterocycles. The van der Waals surface area contributed by atoms with Crippen molar-refractivity contribution in [1.29, 1.82) is 0 Å². The Labute approximate surface area is 122 Å². The van der Waals surface area contributed by atoms with Crippen LogP contribution in [0.25, 0.3) is 0 Å². The van der Waals surface area contributed by atoms with Gasteiger partial charge in [0.05, 0.1) is 19.1 Å². The lowest BCUT2D eigenvalue weighted by molar-refractivity contribution is 0.197. The number of urea groups is 1. The quantitative estimate of drug-likeness (QED) is 0.795. The summed E-state index contributed by atoms with van der Waals surface area (Å²) in [5.41, 5.74) is 0.991. The molecule has 4 nitrogen and oxygen atoms in total. The number of carbonyl (C=O) groups is 1. The van der Waals surface area contributed by atoms with Gasteiger partial charge in [-0.1, -0.05) is 12.1 Å². The molecule has 20 heavy (non-hydrogen) atoms. The zero-order valence-electron chi connectivity index (χ0n) is 11.2. The van der Waals surface area contributed by atoms with Crippen LogP contribution >= 0.6 is 11.3 Å². The van der Waals surface area contributed by atoms with Crippen LogP contribution in [-0.4, -0.2) is 24.0 Å². The predicted molar refractivity (Wildman–Crippen MR) is 80.7 cm³/mol. The highest BCUT2D eigenvalue weighted by molar-refractivity contribution is 7.09. The van der Waals surface area contributed by atoms with E-state index in [0.29, 0.717) is 19.6 Å². The van der Waals surface area contributed by atoms with Gasteiger partial charge < -0.3 is 14.6 Å². The van der Waals surface area contributed by atoms with E-state index < -0.39 is 0 Å². The summed E-state index contributed by atoms with van der Waals surface area (Å²) in [6.45, 7) is 5.30. The highest BCUT2D eigenvalue weighted by atomic mass is 32.1. The first kappa shape index (κ1) is 14.4. The van der Waals surface area contributed by atoms with E-state index in [4.69, 9.17) is 4.42 Å². The van der Waals surface area contributed by atoms with Crippen molar-refractivity contribution in [3.8, 4) is 0 Å². The molecule has 0 saturated carbocycles. The molecule has 2 heterocycles. The fourth-order valence-electron chi connectivity index (χ4n) is 1.83. The molecule has 106 valence electrons. The van der Waals surface area contributed by atoms with E-state index in [2.05, 4.69) is 18.0 Å². The molecule has 0 bridgehead atoms. The van der Waals surface area contributed by atoms with Gasteiger partial charge in [0.1, 0.15) is 0 Å². The Kier molecular flexibility index (Phi) is 5.43. The Morgan fingerprint density at radius 2 is 2.40 bits per heavy atom. The van der Waals surface area contributed by atoms with Gasteiger partial charge in [0, 0.05) is 23.5 Å². The standard InChI is InChI=1S/C15H18N2O2S/c1-2-7-16-15(18)17(11-13-6-9-19-12-13)8-5-14-4-3-10-20-14/h2-4,6,9-10,12H,1,5,7-8,11H2,(H,16,18). The average Bonchev–Trinajstić information content (AvgIpc) is 3.13. The van der Waals surface area contributed by atoms with E-state index >= 15 is 0 Å². The Morgan fingerprint density at radius 1 is 1.50 bits per heavy atom. The number of hydrogen-bond acceptors (Lipinski definition) is 3. The highest BCUT2D eigenvalue weighted by Crippen LogP contribution is 2.12. The van der Waals surface area contributed by atoms with Crippen molar-refractivity contribution in [2.24, 2.45) is 0 Å². The van der Waals surface area contributed by atoms with Crippen molar-refractivity contribution in [2.45, 2.75) is 13.0 Å². The lowest BCUT2D eigenvalue weighted by Crippen LogP contribution is -2.40. The fraction of sp³-hybridized carbons (Fsp3) is 0.267. The van der Waals surface area contributed by atoms with Crippen LogP contribution in [0.5, 0.6) is 0 Å². The summed E-state index contributed by atoms with van der Waals surface area (Å²) >= 11 is 1.71. The van der Waals surface area contributed by atoms with Crippen molar-refractivity contribution in [3.05, 3.63) is 59.2 Å². The second kappa shape index (κ2) is 7.55. The van der Waals surface area contributed by atoms with Crippen molar-refractivity contribution in [1.82, 2.24) is 10.2 Å². The molecule has 2 amide bonds. The van der Waals surface area contributed by atoms with Crippen LogP contribution in [0, 0.1) is 0 Å². The molecular formula is C15H18N2O2S. The minimum absolute atomic E-state index is 0.0809. The Morgan fingerprint density at radius 3 is 3.05 bits per heavy atom. The number of thiophene rings is 1. The van der Waals surface area contributed by atoms with Gasteiger partial charge in [-0.3, -0.25) is 0 Å². The van der Waals surface area contributed by atoms with Crippen LogP contribution in [0.15, 0.2) is 53.2 Å². The second-order valence-electron chi connectivity index (χ2n) is 4.36. The van der Waals surface area contributed by atoms with Gasteiger partial charge in [-0.05, 0) is 23.9 Å². The molecule has 0 aliphatic rings. The van der Waals surface area contributed by atoms with Crippen molar-refractivity contribution < 1.29 is 9.21 Å². The third-order valence-electron chi connectivity index (χ3n) is 2.85. The van der Waals surface area contributed by atoms with E-state index in [1.54, 1.807) is 34.8 Å². The maximum Gasteiger partial charge on any atom is 0.317 e. The maximum absolute atomic E-state index is 12.1. The fourth-order valence-corrected chi connectivity index (χ4v) is 2.52. The molecular weight excluding hydrogens is 272 g/mol. The lowest BCUT2D eigenvalue weighted by Gasteiger charge is -2.22. The summed E-state index contributed by atoms with van der Waals surface area (Å²) in [4.78, 5) is 15.2. The number of amides is 2. The minimum Gasteiger partial charge on any atom is -0.472 e. The van der Waals surface area contributed by atoms with Crippen LogP contribution < -0.4 is 5.32 Å². The first-order chi connectivity index (χ1) is 9.79. The predicted octanol–water partition coefficient (Wildman–Crippen LogP) is 3.28. The van der Waals surface area contributed by atoms with Gasteiger partial charge in [-0.2, -0.15) is 0 Å². The maximum atomic E-state index is 12.1. The minimum atomic E-state index is -0.0809. The summed E-state index contributed by atoms with van der Waals surface area (Å²) < 4.78 is 5.05. The topological polar surface area (TPSA) is 45.5 Å². The molecule has 2 rings (SSSR count). The van der Waals surface area contributed by atoms with Crippen LogP contribution in [0.3, 0.4) is 0 Å². The molecule has 0 atom stereocenters.